The molecule has 1 aliphatic heterocycles. The Kier molecular flexibility index (Phi) is 6.58. The summed E-state index contributed by atoms with van der Waals surface area (Å²) < 4.78 is 28.7. The second-order valence-corrected chi connectivity index (χ2v) is 10.5. The van der Waals surface area contributed by atoms with Crippen LogP contribution in [0.15, 0.2) is 41.6 Å². The Morgan fingerprint density at radius 3 is 2.39 bits per heavy atom. The van der Waals surface area contributed by atoms with Crippen molar-refractivity contribution in [1.29, 1.82) is 0 Å². The number of hydrogen-bond acceptors (Lipinski definition) is 4. The minimum Gasteiger partial charge on any atom is -0.317 e. The van der Waals surface area contributed by atoms with Crippen LogP contribution in [0.25, 0.3) is 0 Å². The minimum absolute atomic E-state index is 0.00160. The maximum absolute atomic E-state index is 13.5. The molecule has 0 amide bonds. The molecule has 1 fully saturated rings. The molecule has 0 radical (unpaired) electrons. The molecule has 0 atom stereocenters. The van der Waals surface area contributed by atoms with Gasteiger partial charge in [0.15, 0.2) is 0 Å². The van der Waals surface area contributed by atoms with Crippen LogP contribution < -0.4 is 5.32 Å². The maximum Gasteiger partial charge on any atom is 0.243 e. The van der Waals surface area contributed by atoms with Crippen molar-refractivity contribution in [2.45, 2.75) is 62.8 Å². The molecule has 1 aromatic heterocycles. The zero-order valence-corrected chi connectivity index (χ0v) is 17.9. The predicted octanol–water partition coefficient (Wildman–Crippen LogP) is 3.08. The number of nitrogens with one attached hydrogen (secondary N) is 2. The van der Waals surface area contributed by atoms with Crippen LogP contribution in [0.2, 0.25) is 0 Å². The lowest BCUT2D eigenvalue weighted by molar-refractivity contribution is 0.260. The van der Waals surface area contributed by atoms with Gasteiger partial charge in [0.25, 0.3) is 0 Å². The van der Waals surface area contributed by atoms with Gasteiger partial charge in [0.1, 0.15) is 0 Å². The fourth-order valence-corrected chi connectivity index (χ4v) is 5.43. The fourth-order valence-electron chi connectivity index (χ4n) is 3.71. The molecule has 0 aliphatic carbocycles. The van der Waals surface area contributed by atoms with Crippen molar-refractivity contribution in [1.82, 2.24) is 19.8 Å². The molecule has 154 valence electrons. The molecule has 1 aromatic carbocycles. The SMILES string of the molecule is CC(C)(C)c1ccc(S(=O)(=O)N(CCCc2cn[nH]c2)C2CCNCC2)cc1. The molecule has 0 spiro atoms. The first-order chi connectivity index (χ1) is 13.3. The molecule has 28 heavy (non-hydrogen) atoms. The van der Waals surface area contributed by atoms with Gasteiger partial charge in [-0.25, -0.2) is 8.42 Å². The van der Waals surface area contributed by atoms with E-state index in [2.05, 4.69) is 36.3 Å². The van der Waals surface area contributed by atoms with E-state index in [9.17, 15) is 8.42 Å². The van der Waals surface area contributed by atoms with Gasteiger partial charge in [-0.3, -0.25) is 5.10 Å². The van der Waals surface area contributed by atoms with Crippen molar-refractivity contribution in [2.75, 3.05) is 19.6 Å². The molecule has 0 saturated carbocycles. The highest BCUT2D eigenvalue weighted by atomic mass is 32.2. The highest BCUT2D eigenvalue weighted by molar-refractivity contribution is 7.89. The summed E-state index contributed by atoms with van der Waals surface area (Å²) in [7, 11) is -3.52. The van der Waals surface area contributed by atoms with Gasteiger partial charge in [-0.15, -0.1) is 0 Å². The molecule has 0 bridgehead atoms. The van der Waals surface area contributed by atoms with Gasteiger partial charge in [-0.05, 0) is 67.4 Å². The molecule has 0 unspecified atom stereocenters. The minimum atomic E-state index is -3.52. The number of nitrogens with zero attached hydrogens (tertiary/aromatic N) is 2. The van der Waals surface area contributed by atoms with Crippen LogP contribution in [-0.2, 0) is 21.9 Å². The second kappa shape index (κ2) is 8.76. The second-order valence-electron chi connectivity index (χ2n) is 8.58. The Labute approximate surface area is 168 Å². The van der Waals surface area contributed by atoms with Gasteiger partial charge in [-0.2, -0.15) is 9.40 Å². The van der Waals surface area contributed by atoms with Crippen LogP contribution in [0.5, 0.6) is 0 Å². The molecular formula is C21H32N4O2S. The summed E-state index contributed by atoms with van der Waals surface area (Å²) in [6.07, 6.45) is 6.97. The Bertz CT molecular complexity index is 834. The maximum atomic E-state index is 13.5. The van der Waals surface area contributed by atoms with Crippen molar-refractivity contribution in [3.05, 3.63) is 47.8 Å². The highest BCUT2D eigenvalue weighted by Gasteiger charge is 2.32. The van der Waals surface area contributed by atoms with E-state index in [4.69, 9.17) is 0 Å². The normalized spacial score (nSPS) is 16.6. The number of aromatic nitrogens is 2. The van der Waals surface area contributed by atoms with Crippen molar-refractivity contribution in [3.8, 4) is 0 Å². The number of H-pyrrole nitrogens is 1. The summed E-state index contributed by atoms with van der Waals surface area (Å²) in [6.45, 7) is 8.65. The fraction of sp³-hybridized carbons (Fsp3) is 0.571. The quantitative estimate of drug-likeness (QED) is 0.743. The largest absolute Gasteiger partial charge is 0.317 e. The van der Waals surface area contributed by atoms with E-state index in [1.54, 1.807) is 22.6 Å². The average molecular weight is 405 g/mol. The van der Waals surface area contributed by atoms with Crippen molar-refractivity contribution in [3.63, 3.8) is 0 Å². The molecule has 2 N–H and O–H groups in total. The van der Waals surface area contributed by atoms with Gasteiger partial charge in [0.2, 0.25) is 10.0 Å². The zero-order valence-electron chi connectivity index (χ0n) is 17.1. The first kappa shape index (κ1) is 21.0. The van der Waals surface area contributed by atoms with Gasteiger partial charge < -0.3 is 5.32 Å². The molecule has 6 nitrogen and oxygen atoms in total. The molecule has 2 heterocycles. The number of aromatic amines is 1. The van der Waals surface area contributed by atoms with Crippen molar-refractivity contribution in [2.24, 2.45) is 0 Å². The van der Waals surface area contributed by atoms with E-state index >= 15 is 0 Å². The number of sulfonamides is 1. The molecule has 1 aliphatic rings. The third kappa shape index (κ3) is 5.01. The van der Waals surface area contributed by atoms with E-state index < -0.39 is 10.0 Å². The predicted molar refractivity (Wildman–Crippen MR) is 112 cm³/mol. The Hall–Kier alpha value is -1.70. The summed E-state index contributed by atoms with van der Waals surface area (Å²) in [5, 5.41) is 10.1. The number of hydrogen-bond donors (Lipinski definition) is 2. The van der Waals surface area contributed by atoms with E-state index in [1.165, 1.54) is 0 Å². The molecule has 1 saturated heterocycles. The topological polar surface area (TPSA) is 78.1 Å². The van der Waals surface area contributed by atoms with Crippen LogP contribution in [0.4, 0.5) is 0 Å². The van der Waals surface area contributed by atoms with E-state index in [1.807, 2.05) is 18.3 Å². The summed E-state index contributed by atoms with van der Waals surface area (Å²) in [5.74, 6) is 0. The molecule has 3 rings (SSSR count). The zero-order chi connectivity index (χ0) is 20.2. The third-order valence-electron chi connectivity index (χ3n) is 5.44. The Morgan fingerprint density at radius 2 is 1.82 bits per heavy atom. The van der Waals surface area contributed by atoms with Crippen LogP contribution >= 0.6 is 0 Å². The Balaban J connectivity index is 1.80. The lowest BCUT2D eigenvalue weighted by atomic mass is 9.87. The summed E-state index contributed by atoms with van der Waals surface area (Å²) in [6, 6.07) is 7.47. The number of aryl methyl sites for hydroxylation is 1. The Morgan fingerprint density at radius 1 is 1.14 bits per heavy atom. The number of rotatable bonds is 7. The van der Waals surface area contributed by atoms with E-state index in [0.717, 1.165) is 49.9 Å². The molecule has 7 heteroatoms. The van der Waals surface area contributed by atoms with E-state index in [-0.39, 0.29) is 11.5 Å². The summed E-state index contributed by atoms with van der Waals surface area (Å²) in [5.41, 5.74) is 2.25. The number of benzene rings is 1. The van der Waals surface area contributed by atoms with Crippen LogP contribution in [0.1, 0.15) is 51.2 Å². The van der Waals surface area contributed by atoms with Gasteiger partial charge in [0.05, 0.1) is 11.1 Å². The van der Waals surface area contributed by atoms with Gasteiger partial charge in [0, 0.05) is 18.8 Å². The van der Waals surface area contributed by atoms with Crippen LogP contribution in [-0.4, -0.2) is 48.6 Å². The smallest absolute Gasteiger partial charge is 0.243 e. The van der Waals surface area contributed by atoms with Crippen molar-refractivity contribution < 1.29 is 8.42 Å². The van der Waals surface area contributed by atoms with Gasteiger partial charge >= 0.3 is 0 Å². The molecular weight excluding hydrogens is 372 g/mol. The first-order valence-electron chi connectivity index (χ1n) is 10.1. The standard InChI is InChI=1S/C21H32N4O2S/c1-21(2,3)18-6-8-20(9-7-18)28(26,27)25(19-10-12-22-13-11-19)14-4-5-17-15-23-24-16-17/h6-9,15-16,19,22H,4-5,10-14H2,1-3H3,(H,23,24). The number of piperidine rings is 1. The summed E-state index contributed by atoms with van der Waals surface area (Å²) >= 11 is 0. The lowest BCUT2D eigenvalue weighted by Crippen LogP contribution is -2.46. The first-order valence-corrected chi connectivity index (χ1v) is 11.5. The van der Waals surface area contributed by atoms with Crippen molar-refractivity contribution >= 4 is 10.0 Å². The monoisotopic (exact) mass is 404 g/mol. The lowest BCUT2D eigenvalue weighted by Gasteiger charge is -2.34. The van der Waals surface area contributed by atoms with Crippen LogP contribution in [0, 0.1) is 0 Å². The average Bonchev–Trinajstić information content (AvgIpc) is 3.19. The third-order valence-corrected chi connectivity index (χ3v) is 7.41. The summed E-state index contributed by atoms with van der Waals surface area (Å²) in [4.78, 5) is 0.391. The van der Waals surface area contributed by atoms with E-state index in [0.29, 0.717) is 11.4 Å². The highest BCUT2D eigenvalue weighted by Crippen LogP contribution is 2.27. The van der Waals surface area contributed by atoms with Gasteiger partial charge in [-0.1, -0.05) is 32.9 Å². The molecule has 2 aromatic rings. The van der Waals surface area contributed by atoms with Crippen LogP contribution in [0.3, 0.4) is 0 Å².